The van der Waals surface area contributed by atoms with Crippen LogP contribution in [0.2, 0.25) is 0 Å². The fourth-order valence-corrected chi connectivity index (χ4v) is 4.95. The first-order chi connectivity index (χ1) is 15.3. The number of carbonyl (C=O) groups excluding carboxylic acids is 1. The predicted molar refractivity (Wildman–Crippen MR) is 130 cm³/mol. The first-order valence-corrected chi connectivity index (χ1v) is 11.0. The van der Waals surface area contributed by atoms with Gasteiger partial charge in [-0.15, -0.1) is 0 Å². The van der Waals surface area contributed by atoms with Crippen LogP contribution in [0.1, 0.15) is 64.4 Å². The van der Waals surface area contributed by atoms with Crippen LogP contribution < -0.4 is 14.2 Å². The Morgan fingerprint density at radius 1 is 0.938 bits per heavy atom. The van der Waals surface area contributed by atoms with Crippen molar-refractivity contribution in [3.8, 4) is 17.2 Å². The summed E-state index contributed by atoms with van der Waals surface area (Å²) in [6, 6.07) is 6.15. The summed E-state index contributed by atoms with van der Waals surface area (Å²) in [5.41, 5.74) is 7.04. The lowest BCUT2D eigenvalue weighted by Crippen LogP contribution is -2.16. The Morgan fingerprint density at radius 3 is 2.19 bits per heavy atom. The molecule has 0 aromatic heterocycles. The Labute approximate surface area is 191 Å². The second kappa shape index (κ2) is 9.64. The minimum absolute atomic E-state index is 0.134. The van der Waals surface area contributed by atoms with Crippen LogP contribution in [0.4, 0.5) is 0 Å². The quantitative estimate of drug-likeness (QED) is 0.467. The molecule has 3 rings (SSSR count). The number of carbonyl (C=O) groups is 1. The molecule has 1 aliphatic rings. The van der Waals surface area contributed by atoms with E-state index in [4.69, 9.17) is 14.2 Å². The van der Waals surface area contributed by atoms with E-state index in [0.29, 0.717) is 17.9 Å². The Bertz CT molecular complexity index is 1090. The molecule has 2 atom stereocenters. The molecule has 32 heavy (non-hydrogen) atoms. The number of hydrogen-bond acceptors (Lipinski definition) is 4. The third kappa shape index (κ3) is 3.94. The summed E-state index contributed by atoms with van der Waals surface area (Å²) in [7, 11) is 4.98. The normalized spacial score (nSPS) is 18.2. The van der Waals surface area contributed by atoms with Crippen molar-refractivity contribution in [2.24, 2.45) is 5.92 Å². The Balaban J connectivity index is 2.30. The Hall–Kier alpha value is -3.01. The predicted octanol–water partition coefficient (Wildman–Crippen LogP) is 6.49. The fraction of sp³-hybridized carbons (Fsp3) is 0.393. The molecule has 0 amide bonds. The first kappa shape index (κ1) is 23.6. The van der Waals surface area contributed by atoms with Crippen molar-refractivity contribution in [3.05, 3.63) is 75.4 Å². The zero-order chi connectivity index (χ0) is 23.6. The Kier molecular flexibility index (Phi) is 7.12. The number of allylic oxidation sites excluding steroid dienone is 4. The lowest BCUT2D eigenvalue weighted by atomic mass is 9.80. The zero-order valence-corrected chi connectivity index (χ0v) is 20.5. The van der Waals surface area contributed by atoms with Crippen LogP contribution in [0.15, 0.2) is 42.0 Å². The van der Waals surface area contributed by atoms with Crippen LogP contribution in [0.25, 0.3) is 0 Å². The summed E-state index contributed by atoms with van der Waals surface area (Å²) in [6.07, 6.45) is 6.85. The molecule has 0 aliphatic heterocycles. The van der Waals surface area contributed by atoms with Gasteiger partial charge in [0.15, 0.2) is 17.3 Å². The standard InChI is InChI=1S/C28H34O4/c1-9-11-19(10-2)14-22-24(20-12-17(4)27(31-7)23(15-20)30-6)25-21(26(22)29)13-16(3)18(5)28(25)32-8/h9-13,15,22,24H,14H2,1-8H3/b11-9-,19-10+. The number of methoxy groups -OCH3 is 3. The van der Waals surface area contributed by atoms with E-state index < -0.39 is 0 Å². The summed E-state index contributed by atoms with van der Waals surface area (Å²) >= 11 is 0. The molecule has 0 radical (unpaired) electrons. The second-order valence-electron chi connectivity index (χ2n) is 8.40. The molecule has 0 bridgehead atoms. The summed E-state index contributed by atoms with van der Waals surface area (Å²) in [5.74, 6) is 2.01. The van der Waals surface area contributed by atoms with E-state index in [1.807, 2.05) is 45.9 Å². The minimum atomic E-state index is -0.222. The molecule has 4 heteroatoms. The Morgan fingerprint density at radius 2 is 1.62 bits per heavy atom. The molecule has 0 fully saturated rings. The van der Waals surface area contributed by atoms with E-state index in [9.17, 15) is 4.79 Å². The smallest absolute Gasteiger partial charge is 0.167 e. The zero-order valence-electron chi connectivity index (χ0n) is 20.5. The van der Waals surface area contributed by atoms with Gasteiger partial charge in [-0.05, 0) is 75.4 Å². The van der Waals surface area contributed by atoms with Gasteiger partial charge < -0.3 is 14.2 Å². The highest BCUT2D eigenvalue weighted by atomic mass is 16.5. The van der Waals surface area contributed by atoms with Crippen LogP contribution in [-0.2, 0) is 0 Å². The van der Waals surface area contributed by atoms with Gasteiger partial charge in [-0.3, -0.25) is 4.79 Å². The van der Waals surface area contributed by atoms with Crippen LogP contribution in [0.3, 0.4) is 0 Å². The highest BCUT2D eigenvalue weighted by Crippen LogP contribution is 2.52. The monoisotopic (exact) mass is 434 g/mol. The van der Waals surface area contributed by atoms with Gasteiger partial charge in [-0.2, -0.15) is 0 Å². The number of Topliss-reactive ketones (excluding diaryl/α,β-unsaturated/α-hetero) is 1. The van der Waals surface area contributed by atoms with E-state index in [0.717, 1.165) is 44.7 Å². The van der Waals surface area contributed by atoms with Gasteiger partial charge in [0.25, 0.3) is 0 Å². The van der Waals surface area contributed by atoms with Crippen molar-refractivity contribution < 1.29 is 19.0 Å². The largest absolute Gasteiger partial charge is 0.496 e. The average Bonchev–Trinajstić information content (AvgIpc) is 3.04. The van der Waals surface area contributed by atoms with Crippen molar-refractivity contribution >= 4 is 5.78 Å². The van der Waals surface area contributed by atoms with Crippen LogP contribution in [0, 0.1) is 26.7 Å². The molecule has 0 saturated heterocycles. The molecule has 4 nitrogen and oxygen atoms in total. The van der Waals surface area contributed by atoms with Gasteiger partial charge in [-0.25, -0.2) is 0 Å². The average molecular weight is 435 g/mol. The molecule has 0 N–H and O–H groups in total. The number of rotatable bonds is 7. The van der Waals surface area contributed by atoms with E-state index in [1.54, 1.807) is 21.3 Å². The van der Waals surface area contributed by atoms with Gasteiger partial charge in [-0.1, -0.05) is 29.9 Å². The molecule has 2 unspecified atom stereocenters. The van der Waals surface area contributed by atoms with Gasteiger partial charge in [0.1, 0.15) is 5.75 Å². The number of ether oxygens (including phenoxy) is 3. The van der Waals surface area contributed by atoms with Gasteiger partial charge in [0.2, 0.25) is 0 Å². The molecule has 170 valence electrons. The van der Waals surface area contributed by atoms with Crippen molar-refractivity contribution in [1.82, 2.24) is 0 Å². The molecule has 0 heterocycles. The van der Waals surface area contributed by atoms with E-state index >= 15 is 0 Å². The van der Waals surface area contributed by atoms with Crippen LogP contribution in [-0.4, -0.2) is 27.1 Å². The minimum Gasteiger partial charge on any atom is -0.496 e. The summed E-state index contributed by atoms with van der Waals surface area (Å²) in [6.45, 7) is 10.1. The lowest BCUT2D eigenvalue weighted by Gasteiger charge is -2.24. The molecule has 2 aromatic rings. The lowest BCUT2D eigenvalue weighted by molar-refractivity contribution is 0.0929. The van der Waals surface area contributed by atoms with E-state index in [2.05, 4.69) is 25.1 Å². The molecule has 2 aromatic carbocycles. The molecular weight excluding hydrogens is 400 g/mol. The number of hydrogen-bond donors (Lipinski definition) is 0. The topological polar surface area (TPSA) is 44.8 Å². The fourth-order valence-electron chi connectivity index (χ4n) is 4.95. The van der Waals surface area contributed by atoms with Gasteiger partial charge in [0.05, 0.1) is 21.3 Å². The number of aryl methyl sites for hydroxylation is 2. The third-order valence-corrected chi connectivity index (χ3v) is 6.60. The van der Waals surface area contributed by atoms with Crippen molar-refractivity contribution in [2.45, 2.75) is 47.0 Å². The molecular formula is C28H34O4. The van der Waals surface area contributed by atoms with Crippen molar-refractivity contribution in [2.75, 3.05) is 21.3 Å². The SMILES string of the molecule is C/C=C\C(=C/C)CC1C(=O)c2cc(C)c(C)c(OC)c2C1c1cc(C)c(OC)c(OC)c1. The summed E-state index contributed by atoms with van der Waals surface area (Å²) < 4.78 is 17.1. The van der Waals surface area contributed by atoms with Crippen molar-refractivity contribution in [1.29, 1.82) is 0 Å². The maximum atomic E-state index is 13.8. The highest BCUT2D eigenvalue weighted by molar-refractivity contribution is 6.05. The first-order valence-electron chi connectivity index (χ1n) is 11.0. The van der Waals surface area contributed by atoms with E-state index in [-0.39, 0.29) is 17.6 Å². The van der Waals surface area contributed by atoms with E-state index in [1.165, 1.54) is 0 Å². The number of fused-ring (bicyclic) bond motifs is 1. The molecule has 0 saturated carbocycles. The van der Waals surface area contributed by atoms with Crippen LogP contribution >= 0.6 is 0 Å². The highest BCUT2D eigenvalue weighted by Gasteiger charge is 2.43. The number of benzene rings is 2. The molecule has 0 spiro atoms. The van der Waals surface area contributed by atoms with Gasteiger partial charge >= 0.3 is 0 Å². The van der Waals surface area contributed by atoms with Gasteiger partial charge in [0, 0.05) is 23.0 Å². The van der Waals surface area contributed by atoms with Crippen molar-refractivity contribution in [3.63, 3.8) is 0 Å². The van der Waals surface area contributed by atoms with Crippen LogP contribution in [0.5, 0.6) is 17.2 Å². The summed E-state index contributed by atoms with van der Waals surface area (Å²) in [4.78, 5) is 13.8. The third-order valence-electron chi connectivity index (χ3n) is 6.60. The number of ketones is 1. The summed E-state index contributed by atoms with van der Waals surface area (Å²) in [5, 5.41) is 0. The second-order valence-corrected chi connectivity index (χ2v) is 8.40. The maximum Gasteiger partial charge on any atom is 0.167 e. The maximum absolute atomic E-state index is 13.8. The molecule has 1 aliphatic carbocycles.